The summed E-state index contributed by atoms with van der Waals surface area (Å²) in [5.41, 5.74) is 0.980. The summed E-state index contributed by atoms with van der Waals surface area (Å²) in [5.74, 6) is 0.200. The van der Waals surface area contributed by atoms with E-state index in [0.29, 0.717) is 0 Å². The van der Waals surface area contributed by atoms with Crippen molar-refractivity contribution in [3.8, 4) is 5.75 Å². The molecule has 0 fully saturated rings. The molecule has 108 valence electrons. The van der Waals surface area contributed by atoms with Gasteiger partial charge in [0.1, 0.15) is 0 Å². The maximum absolute atomic E-state index is 11.4. The van der Waals surface area contributed by atoms with Crippen LogP contribution in [-0.2, 0) is 6.42 Å². The van der Waals surface area contributed by atoms with Crippen LogP contribution < -0.4 is 10.2 Å². The number of carbonyl (C=O) groups is 1. The number of hydrogen-bond acceptors (Lipinski definition) is 3. The third-order valence-electron chi connectivity index (χ3n) is 2.77. The Kier molecular flexibility index (Phi) is 16.9. The Morgan fingerprint density at radius 3 is 2.15 bits per heavy atom. The standard InChI is InChI=1S/C14H22O.CH2O3.Ba/c1-2-3-4-5-6-7-10-13-11-8-9-12-14(13)15;2-1(3)4;/h8-9,11-12,15H,2-7,10H2,1H3;(H2,2,3,4);/q;;+2/p-2. The second-order valence-corrected chi connectivity index (χ2v) is 4.39. The summed E-state index contributed by atoms with van der Waals surface area (Å²) in [6.45, 7) is 2.23. The maximum atomic E-state index is 11.4. The summed E-state index contributed by atoms with van der Waals surface area (Å²) in [6.07, 6.45) is 6.58. The van der Waals surface area contributed by atoms with Crippen LogP contribution in [-0.4, -0.2) is 60.1 Å². The molecule has 4 nitrogen and oxygen atoms in total. The third-order valence-corrected chi connectivity index (χ3v) is 2.77. The molecule has 0 saturated carbocycles. The fourth-order valence-corrected chi connectivity index (χ4v) is 1.81. The van der Waals surface area contributed by atoms with E-state index in [0.717, 1.165) is 18.4 Å². The van der Waals surface area contributed by atoms with Crippen molar-refractivity contribution >= 4 is 55.0 Å². The first-order chi connectivity index (χ1) is 9.07. The van der Waals surface area contributed by atoms with Crippen LogP contribution in [0.15, 0.2) is 24.3 Å². The molecule has 0 aliphatic heterocycles. The van der Waals surface area contributed by atoms with E-state index in [1.54, 1.807) is 6.07 Å². The molecule has 1 rings (SSSR count). The Balaban J connectivity index is 0. The monoisotopic (exact) mass is 404 g/mol. The Hall–Kier alpha value is -0.139. The average Bonchev–Trinajstić information content (AvgIpc) is 2.35. The molecule has 1 aromatic carbocycles. The molecule has 0 aliphatic rings. The van der Waals surface area contributed by atoms with Crippen molar-refractivity contribution in [3.63, 3.8) is 0 Å². The van der Waals surface area contributed by atoms with E-state index >= 15 is 0 Å². The number of aryl methyl sites for hydroxylation is 1. The molecule has 0 radical (unpaired) electrons. The Bertz CT molecular complexity index is 351. The molecule has 0 heterocycles. The van der Waals surface area contributed by atoms with Gasteiger partial charge in [0.05, 0.1) is 0 Å². The average molecular weight is 404 g/mol. The Morgan fingerprint density at radius 2 is 1.60 bits per heavy atom. The van der Waals surface area contributed by atoms with Crippen LogP contribution in [0.5, 0.6) is 5.75 Å². The number of unbranched alkanes of at least 4 members (excludes halogenated alkanes) is 5. The van der Waals surface area contributed by atoms with Gasteiger partial charge in [0.2, 0.25) is 6.16 Å². The van der Waals surface area contributed by atoms with Crippen LogP contribution in [0.3, 0.4) is 0 Å². The molecule has 0 spiro atoms. The number of carboxylic acid groups (broad SMARTS) is 2. The number of rotatable bonds is 7. The molecule has 0 amide bonds. The largest absolute Gasteiger partial charge is 2.00 e. The van der Waals surface area contributed by atoms with E-state index < -0.39 is 6.16 Å². The molecule has 0 aromatic heterocycles. The Labute approximate surface area is 161 Å². The SMILES string of the molecule is CCCCCCCCc1ccccc1[O-].O=C([O-])O.[Ba+2]. The van der Waals surface area contributed by atoms with Gasteiger partial charge in [-0.25, -0.2) is 0 Å². The van der Waals surface area contributed by atoms with Crippen molar-refractivity contribution in [1.29, 1.82) is 0 Å². The minimum absolute atomic E-state index is 0. The molecule has 5 heteroatoms. The van der Waals surface area contributed by atoms with Gasteiger partial charge in [-0.3, -0.25) is 0 Å². The number of para-hydroxylation sites is 1. The number of hydrogen-bond donors (Lipinski definition) is 1. The minimum atomic E-state index is -2.08. The van der Waals surface area contributed by atoms with Gasteiger partial charge in [0.25, 0.3) is 0 Å². The van der Waals surface area contributed by atoms with Crippen molar-refractivity contribution in [2.75, 3.05) is 0 Å². The van der Waals surface area contributed by atoms with E-state index in [9.17, 15) is 5.11 Å². The third kappa shape index (κ3) is 14.3. The van der Waals surface area contributed by atoms with Crippen LogP contribution >= 0.6 is 0 Å². The smallest absolute Gasteiger partial charge is 0.872 e. The van der Waals surface area contributed by atoms with Gasteiger partial charge >= 0.3 is 48.9 Å². The van der Waals surface area contributed by atoms with Crippen LogP contribution in [0, 0.1) is 0 Å². The molecule has 1 aromatic rings. The first-order valence-corrected chi connectivity index (χ1v) is 6.72. The van der Waals surface area contributed by atoms with Crippen molar-refractivity contribution in [2.45, 2.75) is 51.9 Å². The summed E-state index contributed by atoms with van der Waals surface area (Å²) in [5, 5.41) is 26.7. The van der Waals surface area contributed by atoms with Gasteiger partial charge in [-0.2, -0.15) is 0 Å². The molecule has 0 aliphatic carbocycles. The topological polar surface area (TPSA) is 83.4 Å². The molecule has 20 heavy (non-hydrogen) atoms. The minimum Gasteiger partial charge on any atom is -0.872 e. The summed E-state index contributed by atoms with van der Waals surface area (Å²) in [4.78, 5) is 8.44. The zero-order valence-electron chi connectivity index (χ0n) is 12.1. The molecule has 0 bridgehead atoms. The first-order valence-electron chi connectivity index (χ1n) is 6.72. The van der Waals surface area contributed by atoms with Crippen molar-refractivity contribution in [3.05, 3.63) is 29.8 Å². The van der Waals surface area contributed by atoms with E-state index in [4.69, 9.17) is 15.0 Å². The molecule has 0 atom stereocenters. The first kappa shape index (κ1) is 22.1. The van der Waals surface area contributed by atoms with Crippen LogP contribution in [0.25, 0.3) is 0 Å². The van der Waals surface area contributed by atoms with Gasteiger partial charge in [-0.15, -0.1) is 5.75 Å². The fraction of sp³-hybridized carbons (Fsp3) is 0.533. The number of benzene rings is 1. The molecular weight excluding hydrogens is 381 g/mol. The predicted molar refractivity (Wildman–Crippen MR) is 76.7 cm³/mol. The molecule has 1 N–H and O–H groups in total. The van der Waals surface area contributed by atoms with E-state index in [1.807, 2.05) is 18.2 Å². The van der Waals surface area contributed by atoms with Crippen molar-refractivity contribution in [1.82, 2.24) is 0 Å². The van der Waals surface area contributed by atoms with Gasteiger partial charge in [0, 0.05) is 0 Å². The van der Waals surface area contributed by atoms with Gasteiger partial charge in [-0.05, 0) is 12.8 Å². The zero-order chi connectivity index (χ0) is 14.5. The second-order valence-electron chi connectivity index (χ2n) is 4.39. The Morgan fingerprint density at radius 1 is 1.10 bits per heavy atom. The normalized spacial score (nSPS) is 9.05. The zero-order valence-corrected chi connectivity index (χ0v) is 16.6. The summed E-state index contributed by atoms with van der Waals surface area (Å²) < 4.78 is 0. The van der Waals surface area contributed by atoms with Crippen molar-refractivity contribution < 1.29 is 20.1 Å². The van der Waals surface area contributed by atoms with Crippen LogP contribution in [0.4, 0.5) is 4.79 Å². The molecule has 0 saturated heterocycles. The van der Waals surface area contributed by atoms with Gasteiger partial charge < -0.3 is 20.1 Å². The second kappa shape index (κ2) is 15.3. The summed E-state index contributed by atoms with van der Waals surface area (Å²) in [6, 6.07) is 7.38. The van der Waals surface area contributed by atoms with Gasteiger partial charge in [-0.1, -0.05) is 68.9 Å². The van der Waals surface area contributed by atoms with Crippen LogP contribution in [0.1, 0.15) is 51.0 Å². The van der Waals surface area contributed by atoms with E-state index in [1.165, 1.54) is 32.1 Å². The molecule has 0 unspecified atom stereocenters. The molecular formula is C15H22BaO4. The summed E-state index contributed by atoms with van der Waals surface area (Å²) in [7, 11) is 0. The summed E-state index contributed by atoms with van der Waals surface area (Å²) >= 11 is 0. The maximum Gasteiger partial charge on any atom is 2.00 e. The van der Waals surface area contributed by atoms with Crippen LogP contribution in [0.2, 0.25) is 0 Å². The predicted octanol–water partition coefficient (Wildman–Crippen LogP) is 2.17. The van der Waals surface area contributed by atoms with Crippen molar-refractivity contribution in [2.24, 2.45) is 0 Å². The quantitative estimate of drug-likeness (QED) is 0.559. The van der Waals surface area contributed by atoms with E-state index in [2.05, 4.69) is 6.92 Å². The van der Waals surface area contributed by atoms with Gasteiger partial charge in [0.15, 0.2) is 0 Å². The fourth-order valence-electron chi connectivity index (χ4n) is 1.81. The van der Waals surface area contributed by atoms with E-state index in [-0.39, 0.29) is 54.6 Å².